The molecule has 0 spiro atoms. The third-order valence-corrected chi connectivity index (χ3v) is 5.48. The highest BCUT2D eigenvalue weighted by Gasteiger charge is 2.07. The van der Waals surface area contributed by atoms with Gasteiger partial charge in [0, 0.05) is 4.47 Å². The molecule has 2 aromatic carbocycles. The van der Waals surface area contributed by atoms with Crippen LogP contribution in [0.4, 0.5) is 0 Å². The van der Waals surface area contributed by atoms with Gasteiger partial charge in [-0.15, -0.1) is 0 Å². The first kappa shape index (κ1) is 28.3. The lowest BCUT2D eigenvalue weighted by atomic mass is 10.1. The maximum atomic E-state index is 8.47. The van der Waals surface area contributed by atoms with E-state index in [0.29, 0.717) is 10.6 Å². The third kappa shape index (κ3) is 10.3. The van der Waals surface area contributed by atoms with Crippen molar-refractivity contribution in [3.05, 3.63) is 56.5 Å². The molecular weight excluding hydrogens is 464 g/mol. The normalized spacial score (nSPS) is 10.5. The Labute approximate surface area is 195 Å². The fourth-order valence-electron chi connectivity index (χ4n) is 2.37. The molecule has 0 unspecified atom stereocenters. The van der Waals surface area contributed by atoms with Crippen molar-refractivity contribution in [1.29, 1.82) is 5.26 Å². The molecule has 0 saturated heterocycles. The minimum absolute atomic E-state index is 0.530. The highest BCUT2D eigenvalue weighted by Crippen LogP contribution is 2.33. The first-order valence-electron chi connectivity index (χ1n) is 9.98. The van der Waals surface area contributed by atoms with Crippen LogP contribution in [0.3, 0.4) is 0 Å². The van der Waals surface area contributed by atoms with Crippen LogP contribution >= 0.6 is 27.5 Å². The maximum absolute atomic E-state index is 8.47. The first-order chi connectivity index (χ1) is 14.3. The zero-order valence-electron chi connectivity index (χ0n) is 19.1. The molecule has 0 bridgehead atoms. The van der Waals surface area contributed by atoms with E-state index in [9.17, 15) is 0 Å². The van der Waals surface area contributed by atoms with E-state index in [4.69, 9.17) is 26.3 Å². The topological polar surface area (TPSA) is 54.3 Å². The summed E-state index contributed by atoms with van der Waals surface area (Å²) in [5.74, 6) is 2.37. The Bertz CT molecular complexity index is 807. The Morgan fingerprint density at radius 2 is 1.73 bits per heavy atom. The van der Waals surface area contributed by atoms with Crippen molar-refractivity contribution in [2.24, 2.45) is 5.92 Å². The summed E-state index contributed by atoms with van der Waals surface area (Å²) in [6, 6.07) is 11.3. The number of aryl methyl sites for hydroxylation is 2. The Morgan fingerprint density at radius 1 is 1.13 bits per heavy atom. The van der Waals surface area contributed by atoms with Gasteiger partial charge in [-0.1, -0.05) is 60.8 Å². The van der Waals surface area contributed by atoms with Gasteiger partial charge in [-0.2, -0.15) is 5.26 Å². The number of ether oxygens (including phenoxy) is 2. The van der Waals surface area contributed by atoms with Crippen molar-refractivity contribution in [3.8, 4) is 17.6 Å². The fourth-order valence-corrected chi connectivity index (χ4v) is 3.25. The summed E-state index contributed by atoms with van der Waals surface area (Å²) in [5.41, 5.74) is 2.83. The molecule has 0 amide bonds. The largest absolute Gasteiger partial charge is 0.493 e. The summed E-state index contributed by atoms with van der Waals surface area (Å²) in [7, 11) is 5.27. The average molecular weight is 498 g/mol. The summed E-state index contributed by atoms with van der Waals surface area (Å²) < 4.78 is 11.4. The van der Waals surface area contributed by atoms with Crippen LogP contribution in [0.1, 0.15) is 43.9 Å². The number of methoxy groups -OCH3 is 2. The van der Waals surface area contributed by atoms with Gasteiger partial charge in [-0.05, 0) is 68.2 Å². The Hall–Kier alpha value is -1.74. The van der Waals surface area contributed by atoms with Gasteiger partial charge in [-0.25, -0.2) is 0 Å². The number of hydrogen-bond acceptors (Lipinski definition) is 4. The SMILES string of the molecule is CC[C@H](C)CNC.CCc1cc(OC)c(OC)cc1Br.Cc1ccc(C#N)c(Cl)c1. The van der Waals surface area contributed by atoms with Crippen LogP contribution in [0.5, 0.6) is 11.5 Å². The Morgan fingerprint density at radius 3 is 2.13 bits per heavy atom. The minimum Gasteiger partial charge on any atom is -0.493 e. The quantitative estimate of drug-likeness (QED) is 0.477. The van der Waals surface area contributed by atoms with E-state index in [1.807, 2.05) is 38.2 Å². The lowest BCUT2D eigenvalue weighted by molar-refractivity contribution is 0.354. The van der Waals surface area contributed by atoms with Crippen molar-refractivity contribution in [3.63, 3.8) is 0 Å². The molecule has 4 nitrogen and oxygen atoms in total. The molecule has 0 heterocycles. The number of hydrogen-bond donors (Lipinski definition) is 1. The molecule has 0 saturated carbocycles. The van der Waals surface area contributed by atoms with Crippen LogP contribution in [0.15, 0.2) is 34.8 Å². The van der Waals surface area contributed by atoms with E-state index in [1.54, 1.807) is 26.4 Å². The van der Waals surface area contributed by atoms with E-state index in [2.05, 4.69) is 42.0 Å². The smallest absolute Gasteiger partial charge is 0.161 e. The number of halogens is 2. The molecule has 0 aliphatic heterocycles. The summed E-state index contributed by atoms with van der Waals surface area (Å²) in [6.45, 7) is 9.65. The van der Waals surface area contributed by atoms with Crippen molar-refractivity contribution in [2.45, 2.75) is 40.5 Å². The lowest BCUT2D eigenvalue weighted by Gasteiger charge is -2.10. The second kappa shape index (κ2) is 16.0. The second-order valence-electron chi connectivity index (χ2n) is 6.82. The van der Waals surface area contributed by atoms with Crippen LogP contribution in [-0.2, 0) is 6.42 Å². The van der Waals surface area contributed by atoms with Crippen LogP contribution in [0.25, 0.3) is 0 Å². The summed E-state index contributed by atoms with van der Waals surface area (Å²) in [6.07, 6.45) is 2.25. The number of benzene rings is 2. The van der Waals surface area contributed by atoms with E-state index in [-0.39, 0.29) is 0 Å². The van der Waals surface area contributed by atoms with Gasteiger partial charge in [-0.3, -0.25) is 0 Å². The van der Waals surface area contributed by atoms with Gasteiger partial charge in [0.25, 0.3) is 0 Å². The van der Waals surface area contributed by atoms with Crippen molar-refractivity contribution < 1.29 is 9.47 Å². The second-order valence-corrected chi connectivity index (χ2v) is 8.08. The maximum Gasteiger partial charge on any atom is 0.161 e. The zero-order chi connectivity index (χ0) is 23.1. The predicted molar refractivity (Wildman–Crippen MR) is 131 cm³/mol. The van der Waals surface area contributed by atoms with E-state index in [0.717, 1.165) is 40.4 Å². The molecule has 6 heteroatoms. The highest BCUT2D eigenvalue weighted by molar-refractivity contribution is 9.10. The molecule has 0 aliphatic rings. The van der Waals surface area contributed by atoms with Gasteiger partial charge in [0.1, 0.15) is 6.07 Å². The third-order valence-electron chi connectivity index (χ3n) is 4.43. The molecule has 2 rings (SSSR count). The van der Waals surface area contributed by atoms with Gasteiger partial charge in [0.2, 0.25) is 0 Å². The standard InChI is InChI=1S/C10H13BrO2.C8H6ClN.C6H15N/c1-4-7-5-9(12-2)10(13-3)6-8(7)11;1-6-2-3-7(5-10)8(9)4-6;1-4-6(2)5-7-3/h5-6H,4H2,1-3H3;2-4H,1H3;6-7H,4-5H2,1-3H3/t;;6-/m..0/s1. The molecule has 2 aromatic rings. The monoisotopic (exact) mass is 496 g/mol. The first-order valence-corrected chi connectivity index (χ1v) is 11.2. The fraction of sp³-hybridized carbons (Fsp3) is 0.458. The molecular formula is C24H34BrClN2O2. The van der Waals surface area contributed by atoms with Crippen LogP contribution in [-0.4, -0.2) is 27.8 Å². The van der Waals surface area contributed by atoms with E-state index < -0.39 is 0 Å². The predicted octanol–water partition coefficient (Wildman–Crippen LogP) is 6.80. The average Bonchev–Trinajstić information content (AvgIpc) is 2.74. The molecule has 1 atom stereocenters. The highest BCUT2D eigenvalue weighted by atomic mass is 79.9. The van der Waals surface area contributed by atoms with Gasteiger partial charge in [0.05, 0.1) is 24.8 Å². The van der Waals surface area contributed by atoms with Crippen molar-refractivity contribution in [1.82, 2.24) is 5.32 Å². The summed E-state index contributed by atoms with van der Waals surface area (Å²) >= 11 is 9.18. The number of nitriles is 1. The van der Waals surface area contributed by atoms with Crippen LogP contribution in [0, 0.1) is 24.2 Å². The van der Waals surface area contributed by atoms with Gasteiger partial charge < -0.3 is 14.8 Å². The summed E-state index contributed by atoms with van der Waals surface area (Å²) in [4.78, 5) is 0. The molecule has 0 radical (unpaired) electrons. The molecule has 0 aliphatic carbocycles. The molecule has 0 aromatic heterocycles. The lowest BCUT2D eigenvalue weighted by Crippen LogP contribution is -2.14. The van der Waals surface area contributed by atoms with Gasteiger partial charge in [0.15, 0.2) is 11.5 Å². The Kier molecular flexibility index (Phi) is 15.1. The van der Waals surface area contributed by atoms with Crippen LogP contribution < -0.4 is 14.8 Å². The number of nitrogens with one attached hydrogen (secondary N) is 1. The molecule has 0 fully saturated rings. The van der Waals surface area contributed by atoms with Crippen molar-refractivity contribution in [2.75, 3.05) is 27.8 Å². The molecule has 166 valence electrons. The summed E-state index contributed by atoms with van der Waals surface area (Å²) in [5, 5.41) is 12.1. The van der Waals surface area contributed by atoms with E-state index >= 15 is 0 Å². The molecule has 30 heavy (non-hydrogen) atoms. The number of nitrogens with zero attached hydrogens (tertiary/aromatic N) is 1. The zero-order valence-corrected chi connectivity index (χ0v) is 21.4. The number of rotatable bonds is 6. The minimum atomic E-state index is 0.530. The Balaban J connectivity index is 0.000000442. The van der Waals surface area contributed by atoms with Crippen LogP contribution in [0.2, 0.25) is 5.02 Å². The van der Waals surface area contributed by atoms with E-state index in [1.165, 1.54) is 12.0 Å². The molecule has 1 N–H and O–H groups in total. The van der Waals surface area contributed by atoms with Crippen molar-refractivity contribution >= 4 is 27.5 Å². The van der Waals surface area contributed by atoms with Gasteiger partial charge >= 0.3 is 0 Å².